The van der Waals surface area contributed by atoms with E-state index in [1.54, 1.807) is 6.92 Å². The van der Waals surface area contributed by atoms with Gasteiger partial charge in [-0.05, 0) is 6.42 Å². The van der Waals surface area contributed by atoms with E-state index >= 15 is 0 Å². The fourth-order valence-corrected chi connectivity index (χ4v) is 3.69. The van der Waals surface area contributed by atoms with Crippen molar-refractivity contribution >= 4 is 10.4 Å². The fourth-order valence-electron chi connectivity index (χ4n) is 2.76. The maximum absolute atomic E-state index is 10.8. The second-order valence-corrected chi connectivity index (χ2v) is 7.58. The number of hydrogen-bond acceptors (Lipinski definition) is 5. The summed E-state index contributed by atoms with van der Waals surface area (Å²) >= 11 is 0. The number of unbranched alkanes of at least 4 members (excludes halogenated alkanes) is 10. The Labute approximate surface area is 135 Å². The molecule has 1 N–H and O–H groups in total. The van der Waals surface area contributed by atoms with Crippen molar-refractivity contribution in [2.24, 2.45) is 5.92 Å². The van der Waals surface area contributed by atoms with Gasteiger partial charge in [-0.1, -0.05) is 84.5 Å². The lowest BCUT2D eigenvalue weighted by atomic mass is 9.99. The molecule has 22 heavy (non-hydrogen) atoms. The Hall–Kier alpha value is -0.170. The molecule has 132 valence electrons. The van der Waals surface area contributed by atoms with Crippen LogP contribution in [-0.4, -0.2) is 19.5 Å². The first kappa shape index (κ1) is 19.9. The van der Waals surface area contributed by atoms with Gasteiger partial charge >= 0.3 is 16.4 Å². The molecule has 5 nitrogen and oxygen atoms in total. The van der Waals surface area contributed by atoms with Gasteiger partial charge in [0.05, 0.1) is 0 Å². The van der Waals surface area contributed by atoms with Crippen LogP contribution in [0.1, 0.15) is 90.9 Å². The zero-order valence-corrected chi connectivity index (χ0v) is 14.9. The molecule has 0 aliphatic carbocycles. The molecule has 1 rings (SSSR count). The van der Waals surface area contributed by atoms with E-state index in [1.165, 1.54) is 57.8 Å². The molecule has 0 saturated carbocycles. The van der Waals surface area contributed by atoms with E-state index in [0.717, 1.165) is 12.8 Å². The first-order chi connectivity index (χ1) is 10.4. The highest BCUT2D eigenvalue weighted by molar-refractivity contribution is 7.82. The summed E-state index contributed by atoms with van der Waals surface area (Å²) in [7, 11) is -3.94. The first-order valence-corrected chi connectivity index (χ1v) is 10.1. The van der Waals surface area contributed by atoms with E-state index in [9.17, 15) is 13.5 Å². The summed E-state index contributed by atoms with van der Waals surface area (Å²) in [6.07, 6.45) is 14.6. The first-order valence-electron chi connectivity index (χ1n) is 8.78. The van der Waals surface area contributed by atoms with Gasteiger partial charge in [0.2, 0.25) is 0 Å². The quantitative estimate of drug-likeness (QED) is 0.509. The summed E-state index contributed by atoms with van der Waals surface area (Å²) in [5.74, 6) is -2.27. The van der Waals surface area contributed by atoms with Gasteiger partial charge in [-0.2, -0.15) is 16.8 Å². The molecule has 0 bridgehead atoms. The predicted molar refractivity (Wildman–Crippen MR) is 86.3 cm³/mol. The average molecular weight is 336 g/mol. The highest BCUT2D eigenvalue weighted by atomic mass is 32.3. The van der Waals surface area contributed by atoms with Crippen molar-refractivity contribution in [3.05, 3.63) is 0 Å². The SMILES string of the molecule is CCCCCCCCCCCCCC(C)C1(O)OS(=O)(=O)O1. The van der Waals surface area contributed by atoms with Crippen molar-refractivity contribution in [3.8, 4) is 0 Å². The summed E-state index contributed by atoms with van der Waals surface area (Å²) in [6.45, 7) is 3.98. The topological polar surface area (TPSA) is 72.8 Å². The Morgan fingerprint density at radius 3 is 1.68 bits per heavy atom. The highest BCUT2D eigenvalue weighted by Gasteiger charge is 2.54. The van der Waals surface area contributed by atoms with Gasteiger partial charge in [0.25, 0.3) is 0 Å². The Bertz CT molecular complexity index is 381. The number of aliphatic hydroxyl groups is 1. The van der Waals surface area contributed by atoms with Crippen LogP contribution in [0, 0.1) is 5.92 Å². The molecule has 0 spiro atoms. The monoisotopic (exact) mass is 336 g/mol. The van der Waals surface area contributed by atoms with E-state index in [2.05, 4.69) is 15.3 Å². The van der Waals surface area contributed by atoms with Gasteiger partial charge in [-0.15, -0.1) is 0 Å². The van der Waals surface area contributed by atoms with Crippen molar-refractivity contribution in [1.82, 2.24) is 0 Å². The van der Waals surface area contributed by atoms with Gasteiger partial charge < -0.3 is 5.11 Å². The lowest BCUT2D eigenvalue weighted by Gasteiger charge is -2.38. The fraction of sp³-hybridized carbons (Fsp3) is 1.00. The molecule has 0 aromatic rings. The second kappa shape index (κ2) is 9.85. The normalized spacial score (nSPS) is 20.5. The molecular weight excluding hydrogens is 304 g/mol. The maximum Gasteiger partial charge on any atom is 0.409 e. The van der Waals surface area contributed by atoms with Crippen LogP contribution in [0.15, 0.2) is 0 Å². The summed E-state index contributed by atoms with van der Waals surface area (Å²) in [5, 5.41) is 9.75. The molecule has 6 heteroatoms. The number of rotatable bonds is 13. The third kappa shape index (κ3) is 7.40. The van der Waals surface area contributed by atoms with Crippen LogP contribution >= 0.6 is 0 Å². The van der Waals surface area contributed by atoms with Crippen molar-refractivity contribution in [1.29, 1.82) is 0 Å². The summed E-state index contributed by atoms with van der Waals surface area (Å²) in [6, 6.07) is 0. The van der Waals surface area contributed by atoms with Gasteiger partial charge in [-0.25, -0.2) is 0 Å². The standard InChI is InChI=1S/C16H32O5S/c1-3-4-5-6-7-8-9-10-11-12-13-14-15(2)16(17)20-22(18,19)21-16/h15,17H,3-14H2,1-2H3. The highest BCUT2D eigenvalue weighted by Crippen LogP contribution is 2.37. The van der Waals surface area contributed by atoms with Crippen molar-refractivity contribution < 1.29 is 21.9 Å². The average Bonchev–Trinajstić information content (AvgIpc) is 2.42. The van der Waals surface area contributed by atoms with Crippen LogP contribution in [0.2, 0.25) is 0 Å². The Balaban J connectivity index is 1.89. The summed E-state index contributed by atoms with van der Waals surface area (Å²) in [4.78, 5) is 0. The van der Waals surface area contributed by atoms with Gasteiger partial charge in [0.15, 0.2) is 0 Å². The van der Waals surface area contributed by atoms with Crippen LogP contribution < -0.4 is 0 Å². The maximum atomic E-state index is 10.8. The minimum atomic E-state index is -3.94. The van der Waals surface area contributed by atoms with Crippen molar-refractivity contribution in [3.63, 3.8) is 0 Å². The van der Waals surface area contributed by atoms with Gasteiger partial charge in [0, 0.05) is 5.92 Å². The zero-order valence-electron chi connectivity index (χ0n) is 14.1. The minimum absolute atomic E-state index is 0.338. The van der Waals surface area contributed by atoms with Crippen LogP contribution in [0.3, 0.4) is 0 Å². The van der Waals surface area contributed by atoms with E-state index < -0.39 is 16.4 Å². The van der Waals surface area contributed by atoms with Crippen LogP contribution in [0.25, 0.3) is 0 Å². The third-order valence-corrected chi connectivity index (χ3v) is 5.19. The van der Waals surface area contributed by atoms with Crippen LogP contribution in [0.5, 0.6) is 0 Å². The van der Waals surface area contributed by atoms with Crippen LogP contribution in [0.4, 0.5) is 0 Å². The second-order valence-electron chi connectivity index (χ2n) is 6.43. The molecule has 1 aliphatic heterocycles. The summed E-state index contributed by atoms with van der Waals surface area (Å²) in [5.41, 5.74) is 0. The zero-order chi connectivity index (χ0) is 16.5. The van der Waals surface area contributed by atoms with Crippen LogP contribution in [-0.2, 0) is 18.8 Å². The lowest BCUT2D eigenvalue weighted by Crippen LogP contribution is -2.54. The molecule has 0 aromatic heterocycles. The minimum Gasteiger partial charge on any atom is -0.341 e. The van der Waals surface area contributed by atoms with Crippen molar-refractivity contribution in [2.45, 2.75) is 96.9 Å². The molecule has 0 aromatic carbocycles. The molecule has 1 atom stereocenters. The van der Waals surface area contributed by atoms with Crippen molar-refractivity contribution in [2.75, 3.05) is 0 Å². The largest absolute Gasteiger partial charge is 0.409 e. The molecule has 1 saturated heterocycles. The molecule has 0 amide bonds. The lowest BCUT2D eigenvalue weighted by molar-refractivity contribution is -0.352. The van der Waals surface area contributed by atoms with Gasteiger partial charge in [-0.3, -0.25) is 0 Å². The van der Waals surface area contributed by atoms with E-state index in [4.69, 9.17) is 0 Å². The molecule has 1 unspecified atom stereocenters. The molecule has 0 radical (unpaired) electrons. The predicted octanol–water partition coefficient (Wildman–Crippen LogP) is 4.26. The summed E-state index contributed by atoms with van der Waals surface area (Å²) < 4.78 is 30.4. The Morgan fingerprint density at radius 2 is 1.27 bits per heavy atom. The van der Waals surface area contributed by atoms with Gasteiger partial charge in [0.1, 0.15) is 0 Å². The molecule has 1 aliphatic rings. The Kier molecular flexibility index (Phi) is 8.90. The smallest absolute Gasteiger partial charge is 0.341 e. The van der Waals surface area contributed by atoms with E-state index in [0.29, 0.717) is 6.42 Å². The van der Waals surface area contributed by atoms with E-state index in [-0.39, 0.29) is 5.92 Å². The molecule has 1 fully saturated rings. The number of hydrogen-bond donors (Lipinski definition) is 1. The van der Waals surface area contributed by atoms with E-state index in [1.807, 2.05) is 0 Å². The molecular formula is C16H32O5S. The molecule has 1 heterocycles. The Morgan fingerprint density at radius 1 is 0.864 bits per heavy atom. The third-order valence-electron chi connectivity index (χ3n) is 4.31.